The highest BCUT2D eigenvalue weighted by Gasteiger charge is 2.40. The van der Waals surface area contributed by atoms with E-state index in [4.69, 9.17) is 4.74 Å². The fourth-order valence-corrected chi connectivity index (χ4v) is 1.50. The molecule has 0 aliphatic carbocycles. The van der Waals surface area contributed by atoms with Gasteiger partial charge in [-0.2, -0.15) is 13.2 Å². The molecule has 6 heteroatoms. The second-order valence-corrected chi connectivity index (χ2v) is 3.53. The number of methoxy groups -OCH3 is 1. The minimum absolute atomic E-state index is 0.0594. The molecule has 0 amide bonds. The average molecular weight is 283 g/mol. The summed E-state index contributed by atoms with van der Waals surface area (Å²) in [5.74, 6) is -1.50. The lowest BCUT2D eigenvalue weighted by atomic mass is 10.1. The molecule has 1 aromatic carbocycles. The number of halogens is 4. The zero-order valence-electron chi connectivity index (χ0n) is 7.56. The smallest absolute Gasteiger partial charge is 0.454 e. The zero-order valence-corrected chi connectivity index (χ0v) is 9.15. The molecule has 1 aromatic rings. The number of ether oxygens (including phenoxy) is 1. The molecule has 0 aliphatic heterocycles. The molecule has 2 nitrogen and oxygen atoms in total. The molecule has 0 unspecified atom stereocenters. The minimum Gasteiger partial charge on any atom is -0.497 e. The Balaban J connectivity index is 3.12. The van der Waals surface area contributed by atoms with Crippen molar-refractivity contribution in [3.8, 4) is 5.75 Å². The summed E-state index contributed by atoms with van der Waals surface area (Å²) in [6.45, 7) is 0. The lowest BCUT2D eigenvalue weighted by Gasteiger charge is -2.08. The summed E-state index contributed by atoms with van der Waals surface area (Å²) in [6.07, 6.45) is -4.86. The molecule has 0 aliphatic rings. The molecule has 0 saturated carbocycles. The number of benzene rings is 1. The van der Waals surface area contributed by atoms with Gasteiger partial charge in [0, 0.05) is 10.0 Å². The van der Waals surface area contributed by atoms with Crippen LogP contribution in [0, 0.1) is 0 Å². The van der Waals surface area contributed by atoms with E-state index in [1.54, 1.807) is 0 Å². The quantitative estimate of drug-likeness (QED) is 0.779. The van der Waals surface area contributed by atoms with E-state index in [0.717, 1.165) is 6.07 Å². The van der Waals surface area contributed by atoms with Crippen LogP contribution < -0.4 is 4.74 Å². The molecule has 0 spiro atoms. The van der Waals surface area contributed by atoms with Crippen LogP contribution in [-0.4, -0.2) is 19.1 Å². The van der Waals surface area contributed by atoms with E-state index in [0.29, 0.717) is 5.75 Å². The van der Waals surface area contributed by atoms with Gasteiger partial charge in [-0.25, -0.2) is 0 Å². The van der Waals surface area contributed by atoms with Crippen molar-refractivity contribution in [1.82, 2.24) is 0 Å². The average Bonchev–Trinajstić information content (AvgIpc) is 2.15. The zero-order chi connectivity index (χ0) is 11.6. The molecule has 15 heavy (non-hydrogen) atoms. The molecule has 0 bridgehead atoms. The molecule has 0 aromatic heterocycles. The first-order valence-corrected chi connectivity index (χ1v) is 4.60. The molecule has 0 atom stereocenters. The lowest BCUT2D eigenvalue weighted by molar-refractivity contribution is -0.0885. The standard InChI is InChI=1S/C9H6BrF3O2/c1-15-5-2-3-6(7(10)4-5)8(14)9(11,12)13/h2-4H,1H3. The Bertz CT molecular complexity index is 387. The number of hydrogen-bond acceptors (Lipinski definition) is 2. The molecule has 1 rings (SSSR count). The summed E-state index contributed by atoms with van der Waals surface area (Å²) < 4.78 is 41.1. The fraction of sp³-hybridized carbons (Fsp3) is 0.222. The maximum Gasteiger partial charge on any atom is 0.454 e. The molecule has 82 valence electrons. The van der Waals surface area contributed by atoms with Crippen LogP contribution in [0.3, 0.4) is 0 Å². The van der Waals surface area contributed by atoms with Gasteiger partial charge >= 0.3 is 6.18 Å². The third-order valence-corrected chi connectivity index (χ3v) is 2.33. The van der Waals surface area contributed by atoms with Crippen molar-refractivity contribution < 1.29 is 22.7 Å². The van der Waals surface area contributed by atoms with Gasteiger partial charge in [0.25, 0.3) is 5.78 Å². The predicted octanol–water partition coefficient (Wildman–Crippen LogP) is 3.20. The van der Waals surface area contributed by atoms with Crippen molar-refractivity contribution in [2.75, 3.05) is 7.11 Å². The highest BCUT2D eigenvalue weighted by molar-refractivity contribution is 9.10. The minimum atomic E-state index is -4.86. The Morgan fingerprint density at radius 2 is 2.00 bits per heavy atom. The van der Waals surface area contributed by atoms with Crippen LogP contribution in [0.1, 0.15) is 10.4 Å². The second kappa shape index (κ2) is 4.22. The maximum atomic E-state index is 12.1. The van der Waals surface area contributed by atoms with E-state index in [-0.39, 0.29) is 4.47 Å². The SMILES string of the molecule is COc1ccc(C(=O)C(F)(F)F)c(Br)c1. The first-order valence-electron chi connectivity index (χ1n) is 3.81. The fourth-order valence-electron chi connectivity index (χ4n) is 0.960. The number of Topliss-reactive ketones (excluding diaryl/α,β-unsaturated/α-hetero) is 1. The van der Waals surface area contributed by atoms with E-state index >= 15 is 0 Å². The monoisotopic (exact) mass is 282 g/mol. The Kier molecular flexibility index (Phi) is 3.38. The van der Waals surface area contributed by atoms with Crippen LogP contribution in [0.2, 0.25) is 0 Å². The van der Waals surface area contributed by atoms with Crippen LogP contribution in [-0.2, 0) is 0 Å². The first kappa shape index (κ1) is 12.0. The Hall–Kier alpha value is -1.04. The van der Waals surface area contributed by atoms with Crippen molar-refractivity contribution >= 4 is 21.7 Å². The number of carbonyl (C=O) groups excluding carboxylic acids is 1. The van der Waals surface area contributed by atoms with E-state index in [1.165, 1.54) is 19.2 Å². The van der Waals surface area contributed by atoms with Crippen LogP contribution in [0.15, 0.2) is 22.7 Å². The van der Waals surface area contributed by atoms with Gasteiger partial charge in [0.15, 0.2) is 0 Å². The summed E-state index contributed by atoms with van der Waals surface area (Å²) in [5, 5.41) is 0. The van der Waals surface area contributed by atoms with Crippen LogP contribution in [0.4, 0.5) is 13.2 Å². The summed E-state index contributed by atoms with van der Waals surface area (Å²) in [7, 11) is 1.38. The third kappa shape index (κ3) is 2.71. The summed E-state index contributed by atoms with van der Waals surface area (Å²) in [6, 6.07) is 3.67. The van der Waals surface area contributed by atoms with E-state index in [1.807, 2.05) is 0 Å². The van der Waals surface area contributed by atoms with E-state index in [9.17, 15) is 18.0 Å². The van der Waals surface area contributed by atoms with Gasteiger partial charge in [0.1, 0.15) is 5.75 Å². The van der Waals surface area contributed by atoms with Gasteiger partial charge < -0.3 is 4.74 Å². The van der Waals surface area contributed by atoms with Gasteiger partial charge in [-0.1, -0.05) is 0 Å². The van der Waals surface area contributed by atoms with Crippen molar-refractivity contribution in [2.45, 2.75) is 6.18 Å². The highest BCUT2D eigenvalue weighted by Crippen LogP contribution is 2.29. The number of ketones is 1. The molecule has 0 heterocycles. The number of hydrogen-bond donors (Lipinski definition) is 0. The molecular weight excluding hydrogens is 277 g/mol. The largest absolute Gasteiger partial charge is 0.497 e. The molecule has 0 fully saturated rings. The highest BCUT2D eigenvalue weighted by atomic mass is 79.9. The first-order chi connectivity index (χ1) is 6.86. The van der Waals surface area contributed by atoms with Crippen molar-refractivity contribution in [1.29, 1.82) is 0 Å². The number of alkyl halides is 3. The van der Waals surface area contributed by atoms with E-state index in [2.05, 4.69) is 15.9 Å². The van der Waals surface area contributed by atoms with Gasteiger partial charge in [-0.3, -0.25) is 4.79 Å². The van der Waals surface area contributed by atoms with Crippen molar-refractivity contribution in [3.63, 3.8) is 0 Å². The van der Waals surface area contributed by atoms with Gasteiger partial charge in [0.05, 0.1) is 7.11 Å². The number of rotatable bonds is 2. The summed E-state index contributed by atoms with van der Waals surface area (Å²) >= 11 is 2.88. The second-order valence-electron chi connectivity index (χ2n) is 2.67. The lowest BCUT2D eigenvalue weighted by Crippen LogP contribution is -2.23. The predicted molar refractivity (Wildman–Crippen MR) is 51.1 cm³/mol. The van der Waals surface area contributed by atoms with Crippen molar-refractivity contribution in [2.24, 2.45) is 0 Å². The Labute approximate surface area is 92.2 Å². The third-order valence-electron chi connectivity index (χ3n) is 1.68. The molecule has 0 saturated heterocycles. The van der Waals surface area contributed by atoms with Gasteiger partial charge in [0.2, 0.25) is 0 Å². The number of carbonyl (C=O) groups is 1. The normalized spacial score (nSPS) is 11.3. The van der Waals surface area contributed by atoms with E-state index < -0.39 is 17.5 Å². The summed E-state index contributed by atoms with van der Waals surface area (Å²) in [4.78, 5) is 10.9. The molecule has 0 N–H and O–H groups in total. The molecule has 0 radical (unpaired) electrons. The maximum absolute atomic E-state index is 12.1. The summed E-state index contributed by atoms with van der Waals surface area (Å²) in [5.41, 5.74) is -0.428. The molecular formula is C9H6BrF3O2. The van der Waals surface area contributed by atoms with Gasteiger partial charge in [-0.05, 0) is 34.1 Å². The topological polar surface area (TPSA) is 26.3 Å². The van der Waals surface area contributed by atoms with Gasteiger partial charge in [-0.15, -0.1) is 0 Å². The Morgan fingerprint density at radius 1 is 1.40 bits per heavy atom. The van der Waals surface area contributed by atoms with Crippen LogP contribution in [0.25, 0.3) is 0 Å². The van der Waals surface area contributed by atoms with Crippen LogP contribution in [0.5, 0.6) is 5.75 Å². The van der Waals surface area contributed by atoms with Crippen LogP contribution >= 0.6 is 15.9 Å². The van der Waals surface area contributed by atoms with Crippen molar-refractivity contribution in [3.05, 3.63) is 28.2 Å². The Morgan fingerprint density at radius 3 is 2.40 bits per heavy atom.